The van der Waals surface area contributed by atoms with E-state index in [0.29, 0.717) is 12.6 Å². The maximum atomic E-state index is 11.6. The van der Waals surface area contributed by atoms with Gasteiger partial charge < -0.3 is 15.4 Å². The van der Waals surface area contributed by atoms with Crippen LogP contribution in [0.4, 0.5) is 8.78 Å². The van der Waals surface area contributed by atoms with Crippen LogP contribution in [0, 0.1) is 0 Å². The zero-order valence-corrected chi connectivity index (χ0v) is 8.85. The highest BCUT2D eigenvalue weighted by Gasteiger charge is 2.01. The van der Waals surface area contributed by atoms with Gasteiger partial charge in [0.1, 0.15) is 6.61 Å². The first-order valence-corrected chi connectivity index (χ1v) is 4.90. The fourth-order valence-corrected chi connectivity index (χ4v) is 1.07. The molecule has 0 aliphatic rings. The third-order valence-corrected chi connectivity index (χ3v) is 1.71. The van der Waals surface area contributed by atoms with Crippen LogP contribution in [0.25, 0.3) is 0 Å². The summed E-state index contributed by atoms with van der Waals surface area (Å²) in [6, 6.07) is 0.398. The first-order valence-electron chi connectivity index (χ1n) is 4.90. The SMILES string of the molecule is CNCC(C)NCCCOCC(F)F. The van der Waals surface area contributed by atoms with Gasteiger partial charge >= 0.3 is 0 Å². The minimum Gasteiger partial charge on any atom is -0.375 e. The monoisotopic (exact) mass is 210 g/mol. The van der Waals surface area contributed by atoms with E-state index >= 15 is 0 Å². The van der Waals surface area contributed by atoms with E-state index < -0.39 is 13.0 Å². The van der Waals surface area contributed by atoms with Gasteiger partial charge in [0.05, 0.1) is 0 Å². The maximum absolute atomic E-state index is 11.6. The molecule has 0 saturated heterocycles. The number of likely N-dealkylation sites (N-methyl/N-ethyl adjacent to an activating group) is 1. The van der Waals surface area contributed by atoms with Crippen molar-refractivity contribution in [1.29, 1.82) is 0 Å². The van der Waals surface area contributed by atoms with E-state index in [1.807, 2.05) is 7.05 Å². The Morgan fingerprint density at radius 2 is 2.07 bits per heavy atom. The quantitative estimate of drug-likeness (QED) is 0.554. The lowest BCUT2D eigenvalue weighted by Crippen LogP contribution is -2.35. The molecule has 1 atom stereocenters. The number of hydrogen-bond acceptors (Lipinski definition) is 3. The molecule has 0 aromatic heterocycles. The second kappa shape index (κ2) is 9.30. The average molecular weight is 210 g/mol. The molecule has 0 saturated carbocycles. The van der Waals surface area contributed by atoms with Gasteiger partial charge in [-0.2, -0.15) is 0 Å². The Hall–Kier alpha value is -0.260. The van der Waals surface area contributed by atoms with Crippen LogP contribution in [0.1, 0.15) is 13.3 Å². The van der Waals surface area contributed by atoms with Crippen molar-refractivity contribution in [3.63, 3.8) is 0 Å². The van der Waals surface area contributed by atoms with Crippen LogP contribution in [0.15, 0.2) is 0 Å². The first-order chi connectivity index (χ1) is 6.66. The number of halogens is 2. The second-order valence-electron chi connectivity index (χ2n) is 3.23. The van der Waals surface area contributed by atoms with Crippen molar-refractivity contribution < 1.29 is 13.5 Å². The molecule has 0 aliphatic heterocycles. The van der Waals surface area contributed by atoms with Crippen LogP contribution >= 0.6 is 0 Å². The maximum Gasteiger partial charge on any atom is 0.261 e. The molecule has 0 rings (SSSR count). The van der Waals surface area contributed by atoms with E-state index in [4.69, 9.17) is 4.74 Å². The van der Waals surface area contributed by atoms with E-state index in [1.54, 1.807) is 0 Å². The third-order valence-electron chi connectivity index (χ3n) is 1.71. The fraction of sp³-hybridized carbons (Fsp3) is 1.00. The summed E-state index contributed by atoms with van der Waals surface area (Å²) in [5.74, 6) is 0. The third kappa shape index (κ3) is 9.83. The van der Waals surface area contributed by atoms with Gasteiger partial charge in [-0.15, -0.1) is 0 Å². The molecule has 0 fully saturated rings. The van der Waals surface area contributed by atoms with Gasteiger partial charge in [-0.3, -0.25) is 0 Å². The minimum atomic E-state index is -2.36. The Bertz CT molecular complexity index is 125. The predicted molar refractivity (Wildman–Crippen MR) is 52.8 cm³/mol. The highest BCUT2D eigenvalue weighted by molar-refractivity contribution is 4.61. The van der Waals surface area contributed by atoms with Crippen molar-refractivity contribution >= 4 is 0 Å². The lowest BCUT2D eigenvalue weighted by atomic mass is 10.3. The Morgan fingerprint density at radius 3 is 2.64 bits per heavy atom. The number of rotatable bonds is 9. The molecular formula is C9H20F2N2O. The molecule has 86 valence electrons. The second-order valence-corrected chi connectivity index (χ2v) is 3.23. The lowest BCUT2D eigenvalue weighted by Gasteiger charge is -2.12. The predicted octanol–water partition coefficient (Wildman–Crippen LogP) is 0.856. The molecule has 0 aromatic rings. The van der Waals surface area contributed by atoms with Gasteiger partial charge in [-0.1, -0.05) is 0 Å². The Balaban J connectivity index is 3.05. The summed E-state index contributed by atoms with van der Waals surface area (Å²) >= 11 is 0. The van der Waals surface area contributed by atoms with Crippen LogP contribution in [0.5, 0.6) is 0 Å². The summed E-state index contributed by atoms with van der Waals surface area (Å²) < 4.78 is 28.0. The summed E-state index contributed by atoms with van der Waals surface area (Å²) in [7, 11) is 1.89. The highest BCUT2D eigenvalue weighted by Crippen LogP contribution is 1.93. The summed E-state index contributed by atoms with van der Waals surface area (Å²) in [6.07, 6.45) is -1.59. The zero-order valence-electron chi connectivity index (χ0n) is 8.85. The Labute approximate surface area is 84.2 Å². The molecule has 0 spiro atoms. The van der Waals surface area contributed by atoms with Crippen molar-refractivity contribution in [3.8, 4) is 0 Å². The Morgan fingerprint density at radius 1 is 1.36 bits per heavy atom. The van der Waals surface area contributed by atoms with Gasteiger partial charge in [0, 0.05) is 19.2 Å². The zero-order chi connectivity index (χ0) is 10.8. The average Bonchev–Trinajstić information content (AvgIpc) is 2.11. The summed E-state index contributed by atoms with van der Waals surface area (Å²) in [6.45, 7) is 3.70. The smallest absolute Gasteiger partial charge is 0.261 e. The summed E-state index contributed by atoms with van der Waals surface area (Å²) in [5, 5.41) is 6.28. The highest BCUT2D eigenvalue weighted by atomic mass is 19.3. The molecule has 0 radical (unpaired) electrons. The van der Waals surface area contributed by atoms with E-state index in [9.17, 15) is 8.78 Å². The van der Waals surface area contributed by atoms with Gasteiger partial charge in [-0.25, -0.2) is 8.78 Å². The van der Waals surface area contributed by atoms with Crippen molar-refractivity contribution in [2.75, 3.05) is 33.4 Å². The molecule has 14 heavy (non-hydrogen) atoms. The van der Waals surface area contributed by atoms with Crippen LogP contribution in [0.2, 0.25) is 0 Å². The molecule has 0 heterocycles. The van der Waals surface area contributed by atoms with E-state index in [-0.39, 0.29) is 0 Å². The van der Waals surface area contributed by atoms with E-state index in [2.05, 4.69) is 17.6 Å². The molecule has 0 aromatic carbocycles. The molecule has 3 nitrogen and oxygen atoms in total. The Kier molecular flexibility index (Phi) is 9.13. The number of alkyl halides is 2. The molecule has 0 bridgehead atoms. The van der Waals surface area contributed by atoms with Gasteiger partial charge in [-0.05, 0) is 26.9 Å². The largest absolute Gasteiger partial charge is 0.375 e. The van der Waals surface area contributed by atoms with Crippen molar-refractivity contribution in [2.24, 2.45) is 0 Å². The fourth-order valence-electron chi connectivity index (χ4n) is 1.07. The summed E-state index contributed by atoms with van der Waals surface area (Å²) in [4.78, 5) is 0. The van der Waals surface area contributed by atoms with Crippen molar-refractivity contribution in [3.05, 3.63) is 0 Å². The lowest BCUT2D eigenvalue weighted by molar-refractivity contribution is 0.0167. The number of nitrogens with one attached hydrogen (secondary N) is 2. The van der Waals surface area contributed by atoms with E-state index in [0.717, 1.165) is 19.5 Å². The molecule has 1 unspecified atom stereocenters. The first kappa shape index (κ1) is 13.7. The van der Waals surface area contributed by atoms with Crippen LogP contribution in [-0.4, -0.2) is 45.8 Å². The minimum absolute atomic E-state index is 0.392. The van der Waals surface area contributed by atoms with E-state index in [1.165, 1.54) is 0 Å². The molecule has 2 N–H and O–H groups in total. The molecular weight excluding hydrogens is 190 g/mol. The van der Waals surface area contributed by atoms with Crippen LogP contribution in [0.3, 0.4) is 0 Å². The molecule has 0 aliphatic carbocycles. The van der Waals surface area contributed by atoms with Crippen molar-refractivity contribution in [1.82, 2.24) is 10.6 Å². The standard InChI is InChI=1S/C9H20F2N2O/c1-8(6-12-2)13-4-3-5-14-7-9(10)11/h8-9,12-13H,3-7H2,1-2H3. The number of ether oxygens (including phenoxy) is 1. The summed E-state index contributed by atoms with van der Waals surface area (Å²) in [5.41, 5.74) is 0. The molecule has 0 amide bonds. The van der Waals surface area contributed by atoms with Gasteiger partial charge in [0.2, 0.25) is 0 Å². The van der Waals surface area contributed by atoms with Crippen molar-refractivity contribution in [2.45, 2.75) is 25.8 Å². The van der Waals surface area contributed by atoms with Crippen LogP contribution in [-0.2, 0) is 4.74 Å². The number of hydrogen-bond donors (Lipinski definition) is 2. The molecule has 5 heteroatoms. The topological polar surface area (TPSA) is 33.3 Å². The van der Waals surface area contributed by atoms with Gasteiger partial charge in [0.15, 0.2) is 0 Å². The normalized spacial score (nSPS) is 13.5. The van der Waals surface area contributed by atoms with Gasteiger partial charge in [0.25, 0.3) is 6.43 Å². The van der Waals surface area contributed by atoms with Crippen LogP contribution < -0.4 is 10.6 Å².